The first-order valence-electron chi connectivity index (χ1n) is 8.56. The highest BCUT2D eigenvalue weighted by molar-refractivity contribution is 6.55. The van der Waals surface area contributed by atoms with Gasteiger partial charge >= 0.3 is 0 Å². The first-order valence-corrected chi connectivity index (χ1v) is 10.1. The van der Waals surface area contributed by atoms with Crippen molar-refractivity contribution in [2.75, 3.05) is 0 Å². The molecule has 4 bridgehead atoms. The summed E-state index contributed by atoms with van der Waals surface area (Å²) in [5, 5.41) is 1.45. The third-order valence-electron chi connectivity index (χ3n) is 4.97. The zero-order chi connectivity index (χ0) is 18.3. The average Bonchev–Trinajstić information content (AvgIpc) is 2.82. The summed E-state index contributed by atoms with van der Waals surface area (Å²) >= 11 is 25.0. The Kier molecular flexibility index (Phi) is 5.21. The predicted molar refractivity (Wildman–Crippen MR) is 113 cm³/mol. The largest absolute Gasteiger partial charge is 0.0819 e. The molecule has 0 N–H and O–H groups in total. The second-order valence-corrected chi connectivity index (χ2v) is 8.18. The topological polar surface area (TPSA) is 0 Å². The van der Waals surface area contributed by atoms with Crippen molar-refractivity contribution >= 4 is 52.5 Å². The van der Waals surface area contributed by atoms with Gasteiger partial charge in [-0.25, -0.2) is 0 Å². The van der Waals surface area contributed by atoms with Crippen molar-refractivity contribution in [3.63, 3.8) is 0 Å². The van der Waals surface area contributed by atoms with E-state index in [0.29, 0.717) is 25.7 Å². The maximum absolute atomic E-state index is 6.35. The van der Waals surface area contributed by atoms with Crippen LogP contribution < -0.4 is 0 Å². The summed E-state index contributed by atoms with van der Waals surface area (Å²) in [6.45, 7) is 0. The van der Waals surface area contributed by atoms with Crippen LogP contribution in [0.25, 0.3) is 6.08 Å². The normalized spacial score (nSPS) is 17.0. The summed E-state index contributed by atoms with van der Waals surface area (Å²) < 4.78 is 0. The van der Waals surface area contributed by atoms with Gasteiger partial charge in [0, 0.05) is 5.57 Å². The van der Waals surface area contributed by atoms with Crippen molar-refractivity contribution in [3.8, 4) is 0 Å². The first-order chi connectivity index (χ1) is 12.5. The number of hydrogen-bond donors (Lipinski definition) is 0. The Morgan fingerprint density at radius 1 is 0.577 bits per heavy atom. The summed E-state index contributed by atoms with van der Waals surface area (Å²) in [6, 6.07) is 15.6. The van der Waals surface area contributed by atoms with Gasteiger partial charge in [0.15, 0.2) is 0 Å². The molecule has 0 spiro atoms. The Labute approximate surface area is 173 Å². The van der Waals surface area contributed by atoms with Gasteiger partial charge in [0.1, 0.15) is 0 Å². The van der Waals surface area contributed by atoms with Gasteiger partial charge in [-0.3, -0.25) is 0 Å². The monoisotopic (exact) mass is 420 g/mol. The Morgan fingerprint density at radius 3 is 1.69 bits per heavy atom. The average molecular weight is 422 g/mol. The standard InChI is InChI=1S/C22H16Cl4/c23-19-18(20(24)22(26)21(19)25)12-17-11-15-6-5-13-1-3-14(4-2-13)7-9-16(17)10-8-15/h1-4,8,10-12H,5-7,9H2. The summed E-state index contributed by atoms with van der Waals surface area (Å²) in [6.07, 6.45) is 5.96. The molecule has 0 aromatic heterocycles. The lowest BCUT2D eigenvalue weighted by Gasteiger charge is -2.13. The van der Waals surface area contributed by atoms with E-state index in [9.17, 15) is 0 Å². The fraction of sp³-hybridized carbons (Fsp3) is 0.182. The molecule has 0 radical (unpaired) electrons. The molecule has 5 aliphatic carbocycles. The summed E-state index contributed by atoms with van der Waals surface area (Å²) in [5.74, 6) is 0. The summed E-state index contributed by atoms with van der Waals surface area (Å²) in [4.78, 5) is 0. The van der Waals surface area contributed by atoms with Gasteiger partial charge in [-0.2, -0.15) is 0 Å². The zero-order valence-electron chi connectivity index (χ0n) is 14.0. The molecular weight excluding hydrogens is 406 g/mol. The minimum absolute atomic E-state index is 0.316. The first kappa shape index (κ1) is 18.2. The quantitative estimate of drug-likeness (QED) is 0.451. The molecule has 0 saturated carbocycles. The molecule has 0 atom stereocenters. The third-order valence-corrected chi connectivity index (χ3v) is 6.80. The maximum Gasteiger partial charge on any atom is 0.0800 e. The molecule has 0 saturated heterocycles. The van der Waals surface area contributed by atoms with Crippen LogP contribution in [0.15, 0.2) is 68.2 Å². The second-order valence-electron chi connectivity index (χ2n) is 6.66. The van der Waals surface area contributed by atoms with Gasteiger partial charge < -0.3 is 0 Å². The summed E-state index contributed by atoms with van der Waals surface area (Å²) in [5.41, 5.74) is 7.08. The highest BCUT2D eigenvalue weighted by Gasteiger charge is 2.25. The van der Waals surface area contributed by atoms with Crippen LogP contribution in [-0.2, 0) is 25.7 Å². The van der Waals surface area contributed by atoms with Gasteiger partial charge in [-0.05, 0) is 59.6 Å². The second kappa shape index (κ2) is 7.44. The fourth-order valence-electron chi connectivity index (χ4n) is 3.41. The van der Waals surface area contributed by atoms with Crippen molar-refractivity contribution < 1.29 is 0 Å². The molecule has 0 nitrogen and oxygen atoms in total. The number of hydrogen-bond acceptors (Lipinski definition) is 0. The lowest BCUT2D eigenvalue weighted by atomic mass is 9.92. The predicted octanol–water partition coefficient (Wildman–Crippen LogP) is 7.35. The highest BCUT2D eigenvalue weighted by atomic mass is 35.5. The fourth-order valence-corrected chi connectivity index (χ4v) is 4.43. The van der Waals surface area contributed by atoms with E-state index in [0.717, 1.165) is 31.2 Å². The van der Waals surface area contributed by atoms with E-state index < -0.39 is 0 Å². The highest BCUT2D eigenvalue weighted by Crippen LogP contribution is 2.45. The van der Waals surface area contributed by atoms with E-state index in [2.05, 4.69) is 42.5 Å². The van der Waals surface area contributed by atoms with Gasteiger partial charge in [0.05, 0.1) is 20.1 Å². The Balaban J connectivity index is 1.78. The van der Waals surface area contributed by atoms with Gasteiger partial charge in [0.2, 0.25) is 0 Å². The molecule has 0 amide bonds. The van der Waals surface area contributed by atoms with Crippen LogP contribution >= 0.6 is 46.4 Å². The van der Waals surface area contributed by atoms with Crippen LogP contribution in [0.5, 0.6) is 0 Å². The molecule has 132 valence electrons. The molecule has 26 heavy (non-hydrogen) atoms. The Hall–Kier alpha value is -1.18. The number of halogens is 4. The lowest BCUT2D eigenvalue weighted by Crippen LogP contribution is -2.00. The van der Waals surface area contributed by atoms with Gasteiger partial charge in [-0.1, -0.05) is 88.9 Å². The number of benzene rings is 2. The minimum atomic E-state index is 0.316. The molecule has 2 aromatic rings. The maximum atomic E-state index is 6.35. The van der Waals surface area contributed by atoms with Crippen molar-refractivity contribution in [2.24, 2.45) is 0 Å². The number of rotatable bonds is 1. The molecule has 7 rings (SSSR count). The molecule has 5 aliphatic rings. The van der Waals surface area contributed by atoms with E-state index in [1.54, 1.807) is 0 Å². The Morgan fingerprint density at radius 2 is 1.08 bits per heavy atom. The lowest BCUT2D eigenvalue weighted by molar-refractivity contribution is 0.919. The molecule has 2 aromatic carbocycles. The molecule has 0 aliphatic heterocycles. The van der Waals surface area contributed by atoms with Crippen LogP contribution in [0.1, 0.15) is 27.8 Å². The molecular formula is C22H16Cl4. The van der Waals surface area contributed by atoms with E-state index in [-0.39, 0.29) is 0 Å². The minimum Gasteiger partial charge on any atom is -0.0819 e. The van der Waals surface area contributed by atoms with Crippen molar-refractivity contribution in [2.45, 2.75) is 25.7 Å². The zero-order valence-corrected chi connectivity index (χ0v) is 17.0. The van der Waals surface area contributed by atoms with E-state index >= 15 is 0 Å². The van der Waals surface area contributed by atoms with Gasteiger partial charge in [0.25, 0.3) is 0 Å². The molecule has 0 unspecified atom stereocenters. The van der Waals surface area contributed by atoms with Crippen LogP contribution in [0, 0.1) is 0 Å². The Bertz CT molecular complexity index is 936. The van der Waals surface area contributed by atoms with E-state index in [1.165, 1.54) is 22.3 Å². The molecule has 0 fully saturated rings. The van der Waals surface area contributed by atoms with Crippen LogP contribution in [0.3, 0.4) is 0 Å². The third kappa shape index (κ3) is 3.49. The van der Waals surface area contributed by atoms with Crippen molar-refractivity contribution in [3.05, 3.63) is 96.0 Å². The van der Waals surface area contributed by atoms with Crippen molar-refractivity contribution in [1.82, 2.24) is 0 Å². The van der Waals surface area contributed by atoms with E-state index in [4.69, 9.17) is 46.4 Å². The van der Waals surface area contributed by atoms with Crippen LogP contribution in [0.2, 0.25) is 0 Å². The number of allylic oxidation sites excluding steroid dienone is 5. The molecule has 4 heteroatoms. The summed E-state index contributed by atoms with van der Waals surface area (Å²) in [7, 11) is 0. The smallest absolute Gasteiger partial charge is 0.0800 e. The van der Waals surface area contributed by atoms with Gasteiger partial charge in [-0.15, -0.1) is 0 Å². The SMILES string of the molecule is ClC1=C(Cl)C(Cl)=C(Cl)C1=Cc1cc2ccc1CCc1ccc(cc1)CC2. The molecule has 0 heterocycles. The van der Waals surface area contributed by atoms with Crippen LogP contribution in [0.4, 0.5) is 0 Å². The van der Waals surface area contributed by atoms with E-state index in [1.807, 2.05) is 6.08 Å². The van der Waals surface area contributed by atoms with Crippen LogP contribution in [-0.4, -0.2) is 0 Å². The number of aryl methyl sites for hydroxylation is 4. The van der Waals surface area contributed by atoms with Crippen molar-refractivity contribution in [1.29, 1.82) is 0 Å².